The molecule has 0 saturated heterocycles. The number of hydrogen-bond donors (Lipinski definition) is 2. The predicted octanol–water partition coefficient (Wildman–Crippen LogP) is 10.6. The van der Waals surface area contributed by atoms with Crippen molar-refractivity contribution < 1.29 is 14.7 Å². The highest BCUT2D eigenvalue weighted by Crippen LogP contribution is 2.12. The van der Waals surface area contributed by atoms with Crippen LogP contribution in [-0.2, 0) is 9.59 Å². The lowest BCUT2D eigenvalue weighted by Crippen LogP contribution is -2.24. The molecule has 2 N–H and O–H groups in total. The van der Waals surface area contributed by atoms with Gasteiger partial charge in [0.2, 0.25) is 5.91 Å². The molecule has 0 saturated carbocycles. The van der Waals surface area contributed by atoms with E-state index in [4.69, 9.17) is 5.11 Å². The fraction of sp³-hybridized carbons (Fsp3) is 0.926. The second kappa shape index (κ2) is 44.1. The molecule has 0 radical (unpaired) electrons. The molecule has 0 aromatic heterocycles. The van der Waals surface area contributed by atoms with Gasteiger partial charge in [-0.05, 0) is 56.8 Å². The van der Waals surface area contributed by atoms with Gasteiger partial charge in [-0.25, -0.2) is 0 Å². The summed E-state index contributed by atoms with van der Waals surface area (Å²) >= 11 is 0. The van der Waals surface area contributed by atoms with E-state index in [1.165, 1.54) is 57.8 Å². The van der Waals surface area contributed by atoms with Crippen molar-refractivity contribution in [3.63, 3.8) is 0 Å². The smallest absolute Gasteiger partial charge is 0.306 e. The quantitative estimate of drug-likeness (QED) is 0.0945. The summed E-state index contributed by atoms with van der Waals surface area (Å²) in [5.41, 5.74) is 0. The number of nitrogens with one attached hydrogen (secondary N) is 1. The summed E-state index contributed by atoms with van der Waals surface area (Å²) in [7, 11) is 10.6. The molecule has 0 fully saturated rings. The lowest BCUT2D eigenvalue weighted by atomic mass is 10.0. The van der Waals surface area contributed by atoms with Crippen molar-refractivity contribution in [3.05, 3.63) is 0 Å². The molecule has 0 aromatic carbocycles. The Balaban J connectivity index is -0.000000375. The molecule has 226 valence electrons. The zero-order valence-corrected chi connectivity index (χ0v) is 30.0. The molecule has 37 heavy (non-hydrogen) atoms. The van der Waals surface area contributed by atoms with Crippen LogP contribution in [0.15, 0.2) is 0 Å². The minimum absolute atomic E-state index is 0.141. The molecule has 0 unspecified atom stereocenters. The van der Waals surface area contributed by atoms with Gasteiger partial charge in [0, 0.05) is 13.0 Å². The van der Waals surface area contributed by atoms with Crippen molar-refractivity contribution in [2.45, 2.75) is 110 Å². The second-order valence-electron chi connectivity index (χ2n) is 8.37. The second-order valence-corrected chi connectivity index (χ2v) is 16.4. The van der Waals surface area contributed by atoms with Crippen LogP contribution in [0.2, 0.25) is 0 Å². The first-order chi connectivity index (χ1) is 17.8. The maximum absolute atomic E-state index is 11.7. The molecule has 1 atom stereocenters. The highest BCUT2D eigenvalue weighted by atomic mass is 33.1. The molecule has 0 aliphatic heterocycles. The Morgan fingerprint density at radius 2 is 1.00 bits per heavy atom. The van der Waals surface area contributed by atoms with Gasteiger partial charge in [-0.1, -0.05) is 149 Å². The monoisotopic (exact) mass is 637 g/mol. The molecule has 0 bridgehead atoms. The minimum atomic E-state index is -0.736. The summed E-state index contributed by atoms with van der Waals surface area (Å²) in [5.74, 6) is -0.880. The number of unbranched alkanes of at least 4 members (excludes halogenated alkanes) is 11. The third-order valence-electron chi connectivity index (χ3n) is 5.32. The lowest BCUT2D eigenvalue weighted by Gasteiger charge is -2.07. The average molecular weight is 638 g/mol. The molecular formula is C27H59NO3S6. The fourth-order valence-electron chi connectivity index (χ4n) is 2.96. The normalized spacial score (nSPS) is 10.6. The zero-order valence-electron chi connectivity index (χ0n) is 25.1. The summed E-state index contributed by atoms with van der Waals surface area (Å²) in [6.45, 7) is 4.65. The first-order valence-corrected chi connectivity index (χ1v) is 22.4. The number of aliphatic carboxylic acids is 1. The van der Waals surface area contributed by atoms with E-state index in [2.05, 4.69) is 49.8 Å². The van der Waals surface area contributed by atoms with Crippen molar-refractivity contribution in [2.24, 2.45) is 5.92 Å². The number of hydrogen-bond acceptors (Lipinski definition) is 8. The Hall–Kier alpha value is 1.04. The number of carboxylic acid groups (broad SMARTS) is 1. The summed E-state index contributed by atoms with van der Waals surface area (Å²) in [6, 6.07) is 0. The van der Waals surface area contributed by atoms with Crippen molar-refractivity contribution in [2.75, 3.05) is 44.1 Å². The van der Waals surface area contributed by atoms with Crippen molar-refractivity contribution in [3.8, 4) is 0 Å². The Labute approximate surface area is 255 Å². The average Bonchev–Trinajstić information content (AvgIpc) is 2.91. The van der Waals surface area contributed by atoms with Crippen LogP contribution in [0.1, 0.15) is 110 Å². The third kappa shape index (κ3) is 53.9. The van der Waals surface area contributed by atoms with Crippen LogP contribution in [-0.4, -0.2) is 61.1 Å². The summed E-state index contributed by atoms with van der Waals surface area (Å²) < 4.78 is 0. The molecule has 0 spiro atoms. The van der Waals surface area contributed by atoms with E-state index < -0.39 is 5.97 Å². The number of amides is 1. The summed E-state index contributed by atoms with van der Waals surface area (Å²) in [4.78, 5) is 22.4. The standard InChI is InChI=1S/C21H41NO3.3C2H6S2/c1-3-4-5-6-7-8-9-10-11-12-13-17-20(23)22-18-15-14-16-19(2)21(24)25;3*1-3-4-2/h19H,3-18H2,1-2H3,(H,22,23)(H,24,25);3*1-2H3/t19-;;;/m0.../s1. The SMILES string of the molecule is CCCCCCCCCCCCCC(=O)NCCCC[C@H](C)C(=O)O.CSSC.CSSC.CSSC. The predicted molar refractivity (Wildman–Crippen MR) is 186 cm³/mol. The van der Waals surface area contributed by atoms with Crippen molar-refractivity contribution >= 4 is 76.6 Å². The van der Waals surface area contributed by atoms with Gasteiger partial charge in [-0.2, -0.15) is 0 Å². The number of carbonyl (C=O) groups is 2. The highest BCUT2D eigenvalue weighted by Gasteiger charge is 2.09. The maximum Gasteiger partial charge on any atom is 0.306 e. The Morgan fingerprint density at radius 3 is 1.35 bits per heavy atom. The fourth-order valence-corrected chi connectivity index (χ4v) is 2.96. The topological polar surface area (TPSA) is 66.4 Å². The Morgan fingerprint density at radius 1 is 0.622 bits per heavy atom. The van der Waals surface area contributed by atoms with E-state index in [1.807, 2.05) is 0 Å². The van der Waals surface area contributed by atoms with Gasteiger partial charge in [0.25, 0.3) is 0 Å². The third-order valence-corrected chi connectivity index (χ3v) is 9.32. The first-order valence-electron chi connectivity index (χ1n) is 13.5. The van der Waals surface area contributed by atoms with Crippen molar-refractivity contribution in [1.29, 1.82) is 0 Å². The van der Waals surface area contributed by atoms with Crippen LogP contribution in [0, 0.1) is 5.92 Å². The molecule has 0 rings (SSSR count). The van der Waals surface area contributed by atoms with E-state index in [0.717, 1.165) is 25.7 Å². The van der Waals surface area contributed by atoms with E-state index in [0.29, 0.717) is 19.4 Å². The van der Waals surface area contributed by atoms with E-state index in [1.54, 1.807) is 71.7 Å². The van der Waals surface area contributed by atoms with Crippen LogP contribution in [0.4, 0.5) is 0 Å². The molecule has 0 aliphatic rings. The van der Waals surface area contributed by atoms with E-state index in [9.17, 15) is 9.59 Å². The van der Waals surface area contributed by atoms with Gasteiger partial charge in [0.05, 0.1) is 5.92 Å². The summed E-state index contributed by atoms with van der Waals surface area (Å²) in [6.07, 6.45) is 29.6. The number of carbonyl (C=O) groups excluding carboxylic acids is 1. The van der Waals surface area contributed by atoms with Gasteiger partial charge >= 0.3 is 5.97 Å². The largest absolute Gasteiger partial charge is 0.481 e. The highest BCUT2D eigenvalue weighted by molar-refractivity contribution is 8.76. The van der Waals surface area contributed by atoms with E-state index >= 15 is 0 Å². The molecule has 1 amide bonds. The molecule has 0 aromatic rings. The minimum Gasteiger partial charge on any atom is -0.481 e. The van der Waals surface area contributed by atoms with Crippen molar-refractivity contribution in [1.82, 2.24) is 5.32 Å². The van der Waals surface area contributed by atoms with Crippen LogP contribution < -0.4 is 5.32 Å². The molecular weight excluding hydrogens is 579 g/mol. The Bertz CT molecular complexity index is 419. The number of carboxylic acids is 1. The van der Waals surface area contributed by atoms with Crippen LogP contribution >= 0.6 is 64.8 Å². The Kier molecular flexibility index (Phi) is 53.6. The van der Waals surface area contributed by atoms with Gasteiger partial charge in [0.1, 0.15) is 0 Å². The van der Waals surface area contributed by atoms with Gasteiger partial charge in [-0.3, -0.25) is 9.59 Å². The molecule has 0 aliphatic carbocycles. The van der Waals surface area contributed by atoms with Crippen LogP contribution in [0.25, 0.3) is 0 Å². The zero-order chi connectivity index (χ0) is 29.0. The van der Waals surface area contributed by atoms with Gasteiger partial charge < -0.3 is 10.4 Å². The number of rotatable bonds is 21. The van der Waals surface area contributed by atoms with Crippen LogP contribution in [0.5, 0.6) is 0 Å². The van der Waals surface area contributed by atoms with Gasteiger partial charge in [0.15, 0.2) is 0 Å². The molecule has 10 heteroatoms. The maximum atomic E-state index is 11.7. The first kappa shape index (κ1) is 45.0. The molecule has 4 nitrogen and oxygen atoms in total. The summed E-state index contributed by atoms with van der Waals surface area (Å²) in [5, 5.41) is 11.7. The van der Waals surface area contributed by atoms with Gasteiger partial charge in [-0.15, -0.1) is 0 Å². The lowest BCUT2D eigenvalue weighted by molar-refractivity contribution is -0.141. The van der Waals surface area contributed by atoms with E-state index in [-0.39, 0.29) is 11.8 Å². The van der Waals surface area contributed by atoms with Crippen LogP contribution in [0.3, 0.4) is 0 Å². The molecule has 0 heterocycles.